The molecule has 2 unspecified atom stereocenters. The number of piperidine rings is 1. The highest BCUT2D eigenvalue weighted by Crippen LogP contribution is 2.41. The first-order valence-electron chi connectivity index (χ1n) is 6.20. The molecule has 1 saturated heterocycles. The predicted molar refractivity (Wildman–Crippen MR) is 73.1 cm³/mol. The number of thiazole rings is 1. The van der Waals surface area contributed by atoms with E-state index in [0.717, 1.165) is 19.3 Å². The van der Waals surface area contributed by atoms with Gasteiger partial charge in [0.2, 0.25) is 0 Å². The first-order valence-corrected chi connectivity index (χ1v) is 8.90. The average Bonchev–Trinajstić information content (AvgIpc) is 3.05. The molecule has 8 heteroatoms. The van der Waals surface area contributed by atoms with E-state index in [-0.39, 0.29) is 16.2 Å². The van der Waals surface area contributed by atoms with Crippen LogP contribution in [0.2, 0.25) is 5.15 Å². The molecule has 0 N–H and O–H groups in total. The van der Waals surface area contributed by atoms with Gasteiger partial charge in [-0.05, 0) is 25.2 Å². The summed E-state index contributed by atoms with van der Waals surface area (Å²) in [6, 6.07) is 0.148. The lowest BCUT2D eigenvalue weighted by Crippen LogP contribution is -2.38. The van der Waals surface area contributed by atoms with E-state index < -0.39 is 10.0 Å². The topological polar surface area (TPSA) is 54.7 Å². The molecule has 0 aromatic carbocycles. The zero-order valence-corrected chi connectivity index (χ0v) is 12.4. The van der Waals surface area contributed by atoms with Gasteiger partial charge in [-0.3, -0.25) is 4.40 Å². The second-order valence-corrected chi connectivity index (χ2v) is 8.21. The lowest BCUT2D eigenvalue weighted by Gasteiger charge is -2.25. The van der Waals surface area contributed by atoms with Crippen LogP contribution in [-0.4, -0.2) is 34.7 Å². The summed E-state index contributed by atoms with van der Waals surface area (Å²) in [5, 5.41) is 2.01. The zero-order chi connectivity index (χ0) is 13.2. The SMILES string of the molecule is O=S(=O)(c1c(Cl)nc2sccn12)N1CC2CCC1C2. The molecule has 1 aliphatic heterocycles. The lowest BCUT2D eigenvalue weighted by atomic mass is 10.1. The number of imidazole rings is 1. The zero-order valence-electron chi connectivity index (χ0n) is 9.99. The van der Waals surface area contributed by atoms with Crippen LogP contribution in [0.4, 0.5) is 0 Å². The van der Waals surface area contributed by atoms with Crippen LogP contribution in [0.25, 0.3) is 4.96 Å². The van der Waals surface area contributed by atoms with Gasteiger partial charge in [0.1, 0.15) is 0 Å². The fourth-order valence-electron chi connectivity index (χ4n) is 3.25. The van der Waals surface area contributed by atoms with Crippen molar-refractivity contribution in [3.63, 3.8) is 0 Å². The van der Waals surface area contributed by atoms with Gasteiger partial charge in [0.15, 0.2) is 15.1 Å². The van der Waals surface area contributed by atoms with E-state index in [1.165, 1.54) is 11.3 Å². The molecule has 2 fully saturated rings. The van der Waals surface area contributed by atoms with Gasteiger partial charge in [-0.2, -0.15) is 4.31 Å². The van der Waals surface area contributed by atoms with Gasteiger partial charge in [-0.1, -0.05) is 11.6 Å². The second-order valence-electron chi connectivity index (χ2n) is 5.17. The Morgan fingerprint density at radius 1 is 1.42 bits per heavy atom. The van der Waals surface area contributed by atoms with Gasteiger partial charge in [0.05, 0.1) is 0 Å². The van der Waals surface area contributed by atoms with E-state index in [0.29, 0.717) is 17.4 Å². The molecule has 0 spiro atoms. The highest BCUT2D eigenvalue weighted by molar-refractivity contribution is 7.89. The molecule has 0 amide bonds. The molecule has 102 valence electrons. The second kappa shape index (κ2) is 3.94. The van der Waals surface area contributed by atoms with Crippen molar-refractivity contribution >= 4 is 37.9 Å². The molecule has 5 nitrogen and oxygen atoms in total. The number of rotatable bonds is 2. The molecule has 4 rings (SSSR count). The molecule has 2 bridgehead atoms. The fraction of sp³-hybridized carbons (Fsp3) is 0.545. The van der Waals surface area contributed by atoms with Crippen LogP contribution in [0.1, 0.15) is 19.3 Å². The Morgan fingerprint density at radius 3 is 2.95 bits per heavy atom. The highest BCUT2D eigenvalue weighted by atomic mass is 35.5. The van der Waals surface area contributed by atoms with Crippen LogP contribution in [-0.2, 0) is 10.0 Å². The number of fused-ring (bicyclic) bond motifs is 3. The van der Waals surface area contributed by atoms with Crippen LogP contribution >= 0.6 is 22.9 Å². The Morgan fingerprint density at radius 2 is 2.26 bits per heavy atom. The quantitative estimate of drug-likeness (QED) is 0.853. The summed E-state index contributed by atoms with van der Waals surface area (Å²) in [4.78, 5) is 4.73. The molecular weight excluding hydrogens is 306 g/mol. The maximum Gasteiger partial charge on any atom is 0.262 e. The maximum absolute atomic E-state index is 12.8. The summed E-state index contributed by atoms with van der Waals surface area (Å²) in [5.74, 6) is 0.518. The van der Waals surface area contributed by atoms with E-state index in [4.69, 9.17) is 11.6 Å². The van der Waals surface area contributed by atoms with Gasteiger partial charge in [0.25, 0.3) is 10.0 Å². The minimum absolute atomic E-state index is 0.0784. The van der Waals surface area contributed by atoms with Crippen molar-refractivity contribution in [2.45, 2.75) is 30.3 Å². The molecule has 2 aromatic rings. The minimum atomic E-state index is -3.54. The van der Waals surface area contributed by atoms with Crippen molar-refractivity contribution in [3.8, 4) is 0 Å². The molecule has 2 aromatic heterocycles. The van der Waals surface area contributed by atoms with Crippen LogP contribution in [0.3, 0.4) is 0 Å². The summed E-state index contributed by atoms with van der Waals surface area (Å²) >= 11 is 7.42. The number of hydrogen-bond acceptors (Lipinski definition) is 4. The normalized spacial score (nSPS) is 27.6. The van der Waals surface area contributed by atoms with Gasteiger partial charge in [-0.25, -0.2) is 13.4 Å². The Hall–Kier alpha value is -0.630. The number of nitrogens with zero attached hydrogens (tertiary/aromatic N) is 3. The third-order valence-corrected chi connectivity index (χ3v) is 7.17. The van der Waals surface area contributed by atoms with E-state index in [1.807, 2.05) is 5.38 Å². The van der Waals surface area contributed by atoms with Crippen molar-refractivity contribution in [1.82, 2.24) is 13.7 Å². The summed E-state index contributed by atoms with van der Waals surface area (Å²) in [5.41, 5.74) is 0. The van der Waals surface area contributed by atoms with Crippen LogP contribution in [0, 0.1) is 5.92 Å². The van der Waals surface area contributed by atoms with Crippen molar-refractivity contribution in [2.75, 3.05) is 6.54 Å². The number of halogens is 1. The van der Waals surface area contributed by atoms with E-state index in [1.54, 1.807) is 14.9 Å². The van der Waals surface area contributed by atoms with Crippen LogP contribution in [0.15, 0.2) is 16.6 Å². The summed E-state index contributed by atoms with van der Waals surface area (Å²) in [6.07, 6.45) is 4.81. The van der Waals surface area contributed by atoms with Crippen molar-refractivity contribution in [1.29, 1.82) is 0 Å². The van der Waals surface area contributed by atoms with E-state index >= 15 is 0 Å². The Bertz CT molecular complexity index is 751. The lowest BCUT2D eigenvalue weighted by molar-refractivity contribution is 0.332. The first kappa shape index (κ1) is 12.1. The average molecular weight is 318 g/mol. The van der Waals surface area contributed by atoms with Crippen molar-refractivity contribution in [3.05, 3.63) is 16.7 Å². The van der Waals surface area contributed by atoms with Crippen LogP contribution < -0.4 is 0 Å². The minimum Gasteiger partial charge on any atom is -0.279 e. The predicted octanol–water partition coefficient (Wildman–Crippen LogP) is 2.22. The summed E-state index contributed by atoms with van der Waals surface area (Å²) < 4.78 is 28.8. The van der Waals surface area contributed by atoms with Gasteiger partial charge in [-0.15, -0.1) is 11.3 Å². The number of hydrogen-bond donors (Lipinski definition) is 0. The van der Waals surface area contributed by atoms with Crippen molar-refractivity contribution in [2.24, 2.45) is 5.92 Å². The highest BCUT2D eigenvalue weighted by Gasteiger charge is 2.46. The van der Waals surface area contributed by atoms with Gasteiger partial charge in [0, 0.05) is 24.2 Å². The monoisotopic (exact) mass is 317 g/mol. The molecule has 1 saturated carbocycles. The molecule has 2 aliphatic rings. The largest absolute Gasteiger partial charge is 0.279 e. The number of aromatic nitrogens is 2. The number of sulfonamides is 1. The molecule has 19 heavy (non-hydrogen) atoms. The van der Waals surface area contributed by atoms with Gasteiger partial charge < -0.3 is 0 Å². The third-order valence-electron chi connectivity index (χ3n) is 4.09. The molecule has 0 radical (unpaired) electrons. The Kier molecular flexibility index (Phi) is 2.52. The Labute approximate surface area is 119 Å². The van der Waals surface area contributed by atoms with E-state index in [2.05, 4.69) is 4.98 Å². The third kappa shape index (κ3) is 1.62. The molecule has 3 heterocycles. The van der Waals surface area contributed by atoms with E-state index in [9.17, 15) is 8.42 Å². The summed E-state index contributed by atoms with van der Waals surface area (Å²) in [6.45, 7) is 0.626. The van der Waals surface area contributed by atoms with Crippen LogP contribution in [0.5, 0.6) is 0 Å². The Balaban J connectivity index is 1.86. The van der Waals surface area contributed by atoms with Gasteiger partial charge >= 0.3 is 0 Å². The smallest absolute Gasteiger partial charge is 0.262 e. The molecular formula is C11H12ClN3O2S2. The first-order chi connectivity index (χ1) is 9.07. The maximum atomic E-state index is 12.8. The molecule has 1 aliphatic carbocycles. The van der Waals surface area contributed by atoms with Crippen molar-refractivity contribution < 1.29 is 8.42 Å². The molecule has 2 atom stereocenters. The summed E-state index contributed by atoms with van der Waals surface area (Å²) in [7, 11) is -3.54. The fourth-order valence-corrected chi connectivity index (χ4v) is 6.41. The standard InChI is InChI=1S/C11H12ClN3O2S2/c12-9-10(14-3-4-18-11(14)13-9)19(16,17)15-6-7-1-2-8(15)5-7/h3-4,7-8H,1-2,5-6H2.